The van der Waals surface area contributed by atoms with Gasteiger partial charge in [0.15, 0.2) is 0 Å². The first kappa shape index (κ1) is 14.7. The third kappa shape index (κ3) is 6.70. The fourth-order valence-electron chi connectivity index (χ4n) is 1.15. The standard InChI is InChI=1S/C9H19F3N2O/c1-7(2)14(6-9(10,11)12)5-8(3,15)4-13/h7,15H,4-6,13H2,1-3H3. The molecular weight excluding hydrogens is 209 g/mol. The highest BCUT2D eigenvalue weighted by Gasteiger charge is 2.34. The van der Waals surface area contributed by atoms with Gasteiger partial charge in [0, 0.05) is 19.1 Å². The van der Waals surface area contributed by atoms with Crippen LogP contribution in [0.5, 0.6) is 0 Å². The van der Waals surface area contributed by atoms with Gasteiger partial charge in [-0.15, -0.1) is 0 Å². The van der Waals surface area contributed by atoms with Gasteiger partial charge in [0.2, 0.25) is 0 Å². The molecule has 0 saturated carbocycles. The van der Waals surface area contributed by atoms with Crippen LogP contribution in [-0.2, 0) is 0 Å². The molecule has 15 heavy (non-hydrogen) atoms. The lowest BCUT2D eigenvalue weighted by molar-refractivity contribution is -0.155. The van der Waals surface area contributed by atoms with Crippen LogP contribution in [0.2, 0.25) is 0 Å². The van der Waals surface area contributed by atoms with Gasteiger partial charge in [-0.05, 0) is 20.8 Å². The molecule has 6 heteroatoms. The molecule has 0 rings (SSSR count). The molecular formula is C9H19F3N2O. The van der Waals surface area contributed by atoms with Crippen LogP contribution in [0, 0.1) is 0 Å². The zero-order valence-electron chi connectivity index (χ0n) is 9.30. The lowest BCUT2D eigenvalue weighted by Gasteiger charge is -2.33. The Morgan fingerprint density at radius 3 is 2.00 bits per heavy atom. The number of aliphatic hydroxyl groups is 1. The van der Waals surface area contributed by atoms with Crippen molar-refractivity contribution in [3.8, 4) is 0 Å². The Balaban J connectivity index is 4.42. The van der Waals surface area contributed by atoms with E-state index in [0.29, 0.717) is 0 Å². The Morgan fingerprint density at radius 2 is 1.73 bits per heavy atom. The summed E-state index contributed by atoms with van der Waals surface area (Å²) in [5.41, 5.74) is 3.98. The number of nitrogens with two attached hydrogens (primary N) is 1. The van der Waals surface area contributed by atoms with Gasteiger partial charge in [0.25, 0.3) is 0 Å². The molecule has 0 aliphatic rings. The van der Waals surface area contributed by atoms with Crippen LogP contribution >= 0.6 is 0 Å². The van der Waals surface area contributed by atoms with E-state index in [1.54, 1.807) is 13.8 Å². The largest absolute Gasteiger partial charge is 0.401 e. The minimum Gasteiger partial charge on any atom is -0.388 e. The number of halogens is 3. The Kier molecular flexibility index (Phi) is 5.02. The van der Waals surface area contributed by atoms with Crippen molar-refractivity contribution < 1.29 is 18.3 Å². The van der Waals surface area contributed by atoms with Gasteiger partial charge in [-0.25, -0.2) is 0 Å². The maximum atomic E-state index is 12.2. The summed E-state index contributed by atoms with van der Waals surface area (Å²) in [4.78, 5) is 1.16. The van der Waals surface area contributed by atoms with Crippen molar-refractivity contribution in [2.75, 3.05) is 19.6 Å². The number of hydrogen-bond donors (Lipinski definition) is 2. The Morgan fingerprint density at radius 1 is 1.27 bits per heavy atom. The van der Waals surface area contributed by atoms with Crippen LogP contribution in [0.15, 0.2) is 0 Å². The second-order valence-corrected chi connectivity index (χ2v) is 4.31. The first-order valence-corrected chi connectivity index (χ1v) is 4.80. The predicted octanol–water partition coefficient (Wildman–Crippen LogP) is 0.969. The highest BCUT2D eigenvalue weighted by Crippen LogP contribution is 2.19. The second kappa shape index (κ2) is 5.14. The van der Waals surface area contributed by atoms with Crippen molar-refractivity contribution in [1.82, 2.24) is 4.90 Å². The number of hydrogen-bond acceptors (Lipinski definition) is 3. The maximum absolute atomic E-state index is 12.2. The minimum atomic E-state index is -4.26. The molecule has 0 spiro atoms. The second-order valence-electron chi connectivity index (χ2n) is 4.31. The summed E-state index contributed by atoms with van der Waals surface area (Å²) >= 11 is 0. The van der Waals surface area contributed by atoms with E-state index in [0.717, 1.165) is 4.90 Å². The first-order chi connectivity index (χ1) is 6.57. The predicted molar refractivity (Wildman–Crippen MR) is 52.4 cm³/mol. The van der Waals surface area contributed by atoms with E-state index >= 15 is 0 Å². The normalized spacial score (nSPS) is 17.2. The summed E-state index contributed by atoms with van der Waals surface area (Å²) in [5, 5.41) is 9.61. The Hall–Kier alpha value is -0.330. The molecule has 0 fully saturated rings. The third-order valence-electron chi connectivity index (χ3n) is 2.10. The average Bonchev–Trinajstić information content (AvgIpc) is 2.00. The molecule has 0 amide bonds. The molecule has 0 aliphatic carbocycles. The summed E-state index contributed by atoms with van der Waals surface area (Å²) in [7, 11) is 0. The summed E-state index contributed by atoms with van der Waals surface area (Å²) in [5.74, 6) is 0. The molecule has 3 nitrogen and oxygen atoms in total. The first-order valence-electron chi connectivity index (χ1n) is 4.80. The maximum Gasteiger partial charge on any atom is 0.401 e. The molecule has 0 bridgehead atoms. The van der Waals surface area contributed by atoms with Crippen LogP contribution in [0.1, 0.15) is 20.8 Å². The molecule has 0 aliphatic heterocycles. The molecule has 92 valence electrons. The van der Waals surface area contributed by atoms with E-state index < -0.39 is 18.3 Å². The summed E-state index contributed by atoms with van der Waals surface area (Å²) < 4.78 is 36.6. The topological polar surface area (TPSA) is 49.5 Å². The zero-order valence-corrected chi connectivity index (χ0v) is 9.30. The molecule has 0 aromatic carbocycles. The van der Waals surface area contributed by atoms with E-state index in [-0.39, 0.29) is 19.1 Å². The van der Waals surface area contributed by atoms with Crippen LogP contribution in [0.4, 0.5) is 13.2 Å². The van der Waals surface area contributed by atoms with Gasteiger partial charge in [-0.2, -0.15) is 13.2 Å². The fraction of sp³-hybridized carbons (Fsp3) is 1.00. The molecule has 0 radical (unpaired) electrons. The quantitative estimate of drug-likeness (QED) is 0.737. The van der Waals surface area contributed by atoms with Crippen molar-refractivity contribution >= 4 is 0 Å². The van der Waals surface area contributed by atoms with E-state index in [4.69, 9.17) is 5.73 Å². The van der Waals surface area contributed by atoms with Crippen LogP contribution in [0.25, 0.3) is 0 Å². The van der Waals surface area contributed by atoms with E-state index in [1.807, 2.05) is 0 Å². The fourth-order valence-corrected chi connectivity index (χ4v) is 1.15. The molecule has 3 N–H and O–H groups in total. The monoisotopic (exact) mass is 228 g/mol. The zero-order chi connectivity index (χ0) is 12.3. The van der Waals surface area contributed by atoms with Crippen molar-refractivity contribution in [2.24, 2.45) is 5.73 Å². The van der Waals surface area contributed by atoms with E-state index in [9.17, 15) is 18.3 Å². The number of nitrogens with zero attached hydrogens (tertiary/aromatic N) is 1. The van der Waals surface area contributed by atoms with Crippen LogP contribution < -0.4 is 5.73 Å². The van der Waals surface area contributed by atoms with Crippen LogP contribution in [0.3, 0.4) is 0 Å². The molecule has 1 unspecified atom stereocenters. The summed E-state index contributed by atoms with van der Waals surface area (Å²) in [6.07, 6.45) is -4.26. The minimum absolute atomic E-state index is 0.0614. The van der Waals surface area contributed by atoms with Gasteiger partial charge >= 0.3 is 6.18 Å². The van der Waals surface area contributed by atoms with Crippen molar-refractivity contribution in [3.05, 3.63) is 0 Å². The molecule has 0 saturated heterocycles. The third-order valence-corrected chi connectivity index (χ3v) is 2.10. The Bertz CT molecular complexity index is 192. The smallest absolute Gasteiger partial charge is 0.388 e. The van der Waals surface area contributed by atoms with Crippen molar-refractivity contribution in [2.45, 2.75) is 38.6 Å². The van der Waals surface area contributed by atoms with Gasteiger partial charge < -0.3 is 10.8 Å². The van der Waals surface area contributed by atoms with Crippen molar-refractivity contribution in [1.29, 1.82) is 0 Å². The molecule has 0 aromatic heterocycles. The summed E-state index contributed by atoms with van der Waals surface area (Å²) in [6.45, 7) is 3.56. The molecule has 1 atom stereocenters. The van der Waals surface area contributed by atoms with Crippen LogP contribution in [-0.4, -0.2) is 47.5 Å². The van der Waals surface area contributed by atoms with Gasteiger partial charge in [0.05, 0.1) is 12.1 Å². The van der Waals surface area contributed by atoms with E-state index in [1.165, 1.54) is 6.92 Å². The molecule has 0 aromatic rings. The number of rotatable bonds is 5. The Labute approximate surface area is 88.0 Å². The van der Waals surface area contributed by atoms with E-state index in [2.05, 4.69) is 0 Å². The lowest BCUT2D eigenvalue weighted by atomic mass is 10.1. The average molecular weight is 228 g/mol. The lowest BCUT2D eigenvalue weighted by Crippen LogP contribution is -2.50. The highest BCUT2D eigenvalue weighted by molar-refractivity contribution is 4.81. The van der Waals surface area contributed by atoms with Gasteiger partial charge in [-0.1, -0.05) is 0 Å². The SMILES string of the molecule is CC(C)N(CC(F)(F)F)CC(C)(O)CN. The number of alkyl halides is 3. The molecule has 0 heterocycles. The summed E-state index contributed by atoms with van der Waals surface area (Å²) in [6, 6.07) is -0.287. The van der Waals surface area contributed by atoms with Gasteiger partial charge in [0.1, 0.15) is 0 Å². The van der Waals surface area contributed by atoms with Gasteiger partial charge in [-0.3, -0.25) is 4.90 Å². The van der Waals surface area contributed by atoms with Crippen molar-refractivity contribution in [3.63, 3.8) is 0 Å². The highest BCUT2D eigenvalue weighted by atomic mass is 19.4.